The van der Waals surface area contributed by atoms with Crippen molar-refractivity contribution in [2.24, 2.45) is 5.92 Å². The summed E-state index contributed by atoms with van der Waals surface area (Å²) in [6.07, 6.45) is 1.01. The average molecular weight is 523 g/mol. The molecular weight excluding hydrogens is 492 g/mol. The molecule has 6 rings (SSSR count). The van der Waals surface area contributed by atoms with Gasteiger partial charge in [0.25, 0.3) is 5.91 Å². The number of rotatable bonds is 8. The molecule has 39 heavy (non-hydrogen) atoms. The number of nitrogens with zero attached hydrogens (tertiary/aromatic N) is 2. The van der Waals surface area contributed by atoms with E-state index in [9.17, 15) is 9.59 Å². The summed E-state index contributed by atoms with van der Waals surface area (Å²) in [5.41, 5.74) is 2.13. The second-order valence-corrected chi connectivity index (χ2v) is 9.78. The van der Waals surface area contributed by atoms with Gasteiger partial charge in [0.2, 0.25) is 5.91 Å². The molecule has 2 amide bonds. The van der Waals surface area contributed by atoms with Crippen molar-refractivity contribution in [3.8, 4) is 11.5 Å². The fourth-order valence-electron chi connectivity index (χ4n) is 5.51. The molecule has 2 aliphatic rings. The lowest BCUT2D eigenvalue weighted by Crippen LogP contribution is -2.37. The molecule has 2 fully saturated rings. The Bertz CT molecular complexity index is 1520. The van der Waals surface area contributed by atoms with Gasteiger partial charge in [-0.1, -0.05) is 74.0 Å². The lowest BCUT2D eigenvalue weighted by atomic mass is 9.90. The first-order valence-corrected chi connectivity index (χ1v) is 13.3. The van der Waals surface area contributed by atoms with Gasteiger partial charge >= 0.3 is 0 Å². The fraction of sp³-hybridized carbons (Fsp3) is 0.250. The van der Waals surface area contributed by atoms with E-state index in [1.54, 1.807) is 12.2 Å². The molecular formula is C32H30N2O5. The van der Waals surface area contributed by atoms with Gasteiger partial charge in [0.15, 0.2) is 17.6 Å². The van der Waals surface area contributed by atoms with E-state index in [-0.39, 0.29) is 11.8 Å². The predicted octanol–water partition coefficient (Wildman–Crippen LogP) is 6.08. The first-order valence-electron chi connectivity index (χ1n) is 13.3. The molecule has 0 unspecified atom stereocenters. The first-order chi connectivity index (χ1) is 19.1. The summed E-state index contributed by atoms with van der Waals surface area (Å²) >= 11 is 0. The van der Waals surface area contributed by atoms with Gasteiger partial charge < -0.3 is 9.47 Å². The third-order valence-electron chi connectivity index (χ3n) is 7.42. The summed E-state index contributed by atoms with van der Waals surface area (Å²) in [7, 11) is 1.60. The third kappa shape index (κ3) is 4.29. The van der Waals surface area contributed by atoms with Gasteiger partial charge in [0, 0.05) is 5.39 Å². The number of imide groups is 1. The number of ether oxygens (including phenoxy) is 2. The molecule has 0 aliphatic carbocycles. The number of hydrogen-bond donors (Lipinski definition) is 0. The molecule has 0 spiro atoms. The molecule has 0 bridgehead atoms. The van der Waals surface area contributed by atoms with Gasteiger partial charge in [-0.3, -0.25) is 14.4 Å². The Morgan fingerprint density at radius 3 is 2.41 bits per heavy atom. The summed E-state index contributed by atoms with van der Waals surface area (Å²) in [4.78, 5) is 35.6. The van der Waals surface area contributed by atoms with Gasteiger partial charge in [-0.05, 0) is 47.7 Å². The highest BCUT2D eigenvalue weighted by Crippen LogP contribution is 2.49. The van der Waals surface area contributed by atoms with E-state index in [0.29, 0.717) is 23.8 Å². The Morgan fingerprint density at radius 1 is 0.846 bits per heavy atom. The van der Waals surface area contributed by atoms with E-state index in [1.807, 2.05) is 91.0 Å². The molecule has 2 saturated heterocycles. The minimum absolute atomic E-state index is 0.285. The first kappa shape index (κ1) is 24.9. The maximum atomic E-state index is 14.1. The van der Waals surface area contributed by atoms with Gasteiger partial charge in [-0.2, -0.15) is 0 Å². The highest BCUT2D eigenvalue weighted by atomic mass is 16.7. The van der Waals surface area contributed by atoms with Gasteiger partial charge in [0.1, 0.15) is 5.92 Å². The molecule has 7 heteroatoms. The highest BCUT2D eigenvalue weighted by molar-refractivity contribution is 6.26. The number of anilines is 2. The van der Waals surface area contributed by atoms with Gasteiger partial charge in [-0.15, -0.1) is 0 Å². The van der Waals surface area contributed by atoms with Crippen LogP contribution in [0.25, 0.3) is 10.8 Å². The van der Waals surface area contributed by atoms with Crippen molar-refractivity contribution in [1.82, 2.24) is 0 Å². The topological polar surface area (TPSA) is 68.3 Å². The number of amides is 2. The van der Waals surface area contributed by atoms with E-state index < -0.39 is 18.1 Å². The van der Waals surface area contributed by atoms with E-state index in [4.69, 9.17) is 14.3 Å². The van der Waals surface area contributed by atoms with E-state index >= 15 is 0 Å². The zero-order valence-corrected chi connectivity index (χ0v) is 21.9. The fourth-order valence-corrected chi connectivity index (χ4v) is 5.51. The summed E-state index contributed by atoms with van der Waals surface area (Å²) in [6, 6.07) is 28.1. The maximum absolute atomic E-state index is 14.1. The minimum atomic E-state index is -0.951. The van der Waals surface area contributed by atoms with Crippen LogP contribution < -0.4 is 19.4 Å². The molecule has 4 aromatic carbocycles. The Kier molecular flexibility index (Phi) is 6.67. The maximum Gasteiger partial charge on any atom is 0.266 e. The SMILES string of the molecule is CCCCOc1ccc([C@@H]2[C@@H]3C(=O)N(c4cccc5ccccc45)C(=O)[C@H]3ON2c2ccccc2)cc1OC. The molecule has 7 nitrogen and oxygen atoms in total. The number of carbonyl (C=O) groups excluding carboxylic acids is 2. The number of hydrogen-bond acceptors (Lipinski definition) is 6. The Hall–Kier alpha value is -4.36. The monoisotopic (exact) mass is 522 g/mol. The number of benzene rings is 4. The van der Waals surface area contributed by atoms with Gasteiger partial charge in [-0.25, -0.2) is 9.96 Å². The Morgan fingerprint density at radius 2 is 1.62 bits per heavy atom. The van der Waals surface area contributed by atoms with E-state index in [1.165, 1.54) is 4.90 Å². The summed E-state index contributed by atoms with van der Waals surface area (Å²) in [5, 5.41) is 3.49. The van der Waals surface area contributed by atoms with Gasteiger partial charge in [0.05, 0.1) is 31.1 Å². The number of methoxy groups -OCH3 is 1. The Balaban J connectivity index is 1.42. The molecule has 0 saturated carbocycles. The molecule has 3 atom stereocenters. The van der Waals surface area contributed by atoms with Crippen molar-refractivity contribution < 1.29 is 23.9 Å². The zero-order valence-electron chi connectivity index (χ0n) is 21.9. The summed E-state index contributed by atoms with van der Waals surface area (Å²) in [6.45, 7) is 2.70. The van der Waals surface area contributed by atoms with Crippen molar-refractivity contribution >= 4 is 34.0 Å². The van der Waals surface area contributed by atoms with Crippen LogP contribution in [0, 0.1) is 5.92 Å². The molecule has 198 valence electrons. The number of carbonyl (C=O) groups is 2. The van der Waals surface area contributed by atoms with Crippen LogP contribution in [-0.4, -0.2) is 31.6 Å². The van der Waals surface area contributed by atoms with Crippen LogP contribution in [0.15, 0.2) is 91.0 Å². The molecule has 2 aliphatic heterocycles. The number of fused-ring (bicyclic) bond motifs is 2. The van der Waals surface area contributed by atoms with Crippen molar-refractivity contribution in [2.75, 3.05) is 23.7 Å². The van der Waals surface area contributed by atoms with Crippen molar-refractivity contribution in [3.05, 3.63) is 96.6 Å². The quantitative estimate of drug-likeness (QED) is 0.206. The molecule has 0 N–H and O–H groups in total. The molecule has 2 heterocycles. The lowest BCUT2D eigenvalue weighted by Gasteiger charge is -2.29. The van der Waals surface area contributed by atoms with Crippen LogP contribution in [0.3, 0.4) is 0 Å². The number of hydroxylamine groups is 1. The number of unbranched alkanes of at least 4 members (excludes halogenated alkanes) is 1. The molecule has 0 aromatic heterocycles. The van der Waals surface area contributed by atoms with Crippen molar-refractivity contribution in [1.29, 1.82) is 0 Å². The second kappa shape index (κ2) is 10.4. The Labute approximate surface area is 227 Å². The van der Waals surface area contributed by atoms with E-state index in [0.717, 1.165) is 34.9 Å². The van der Waals surface area contributed by atoms with Crippen LogP contribution in [0.5, 0.6) is 11.5 Å². The summed E-state index contributed by atoms with van der Waals surface area (Å²) < 4.78 is 11.6. The van der Waals surface area contributed by atoms with E-state index in [2.05, 4.69) is 6.92 Å². The normalized spacial score (nSPS) is 20.5. The lowest BCUT2D eigenvalue weighted by molar-refractivity contribution is -0.126. The third-order valence-corrected chi connectivity index (χ3v) is 7.42. The zero-order chi connectivity index (χ0) is 26.9. The number of para-hydroxylation sites is 1. The standard InChI is InChI=1S/C32H30N2O5/c1-3-4-19-38-26-18-17-22(20-27(26)37-2)29-28-30(39-34(29)23-13-6-5-7-14-23)32(36)33(31(28)35)25-16-10-12-21-11-8-9-15-24(21)25/h5-18,20,28-30H,3-4,19H2,1-2H3/t28-,29+,30-/m0/s1. The van der Waals surface area contributed by atoms with Crippen LogP contribution in [-0.2, 0) is 14.4 Å². The smallest absolute Gasteiger partial charge is 0.266 e. The predicted molar refractivity (Wildman–Crippen MR) is 150 cm³/mol. The van der Waals surface area contributed by atoms with Crippen LogP contribution in [0.4, 0.5) is 11.4 Å². The van der Waals surface area contributed by atoms with Crippen LogP contribution >= 0.6 is 0 Å². The van der Waals surface area contributed by atoms with Crippen LogP contribution in [0.2, 0.25) is 0 Å². The highest BCUT2D eigenvalue weighted by Gasteiger charge is 2.60. The second-order valence-electron chi connectivity index (χ2n) is 9.78. The van der Waals surface area contributed by atoms with Crippen molar-refractivity contribution in [3.63, 3.8) is 0 Å². The molecule has 0 radical (unpaired) electrons. The van der Waals surface area contributed by atoms with Crippen molar-refractivity contribution in [2.45, 2.75) is 31.9 Å². The summed E-state index contributed by atoms with van der Waals surface area (Å²) in [5.74, 6) is -0.179. The minimum Gasteiger partial charge on any atom is -0.493 e. The largest absolute Gasteiger partial charge is 0.493 e. The molecule has 4 aromatic rings. The average Bonchev–Trinajstić information content (AvgIpc) is 3.49. The van der Waals surface area contributed by atoms with Crippen LogP contribution in [0.1, 0.15) is 31.4 Å².